The van der Waals surface area contributed by atoms with E-state index in [1.54, 1.807) is 18.2 Å². The smallest absolute Gasteiger partial charge is 0.193 e. The van der Waals surface area contributed by atoms with Crippen molar-refractivity contribution in [2.75, 3.05) is 0 Å². The summed E-state index contributed by atoms with van der Waals surface area (Å²) in [5, 5.41) is 1.19. The Balaban J connectivity index is 2.31. The molecule has 0 amide bonds. The van der Waals surface area contributed by atoms with Crippen molar-refractivity contribution in [2.24, 2.45) is 0 Å². The van der Waals surface area contributed by atoms with E-state index in [2.05, 4.69) is 0 Å². The highest BCUT2D eigenvalue weighted by Gasteiger charge is 2.09. The summed E-state index contributed by atoms with van der Waals surface area (Å²) in [5.74, 6) is 0.520. The lowest BCUT2D eigenvalue weighted by molar-refractivity contribution is 0.618. The average Bonchev–Trinajstić information content (AvgIpc) is 2.48. The summed E-state index contributed by atoms with van der Waals surface area (Å²) in [5.41, 5.74) is 2.21. The first-order valence-electron chi connectivity index (χ1n) is 6.64. The lowest BCUT2D eigenvalue weighted by Crippen LogP contribution is -2.01. The highest BCUT2D eigenvalue weighted by atomic mass is 35.5. The van der Waals surface area contributed by atoms with Gasteiger partial charge in [-0.2, -0.15) is 0 Å². The number of halogens is 1. The Bertz CT molecular complexity index is 891. The first-order valence-corrected chi connectivity index (χ1v) is 7.02. The second-order valence-corrected chi connectivity index (χ2v) is 5.15. The van der Waals surface area contributed by atoms with E-state index in [1.165, 1.54) is 6.07 Å². The van der Waals surface area contributed by atoms with Crippen molar-refractivity contribution >= 4 is 28.6 Å². The highest BCUT2D eigenvalue weighted by Crippen LogP contribution is 2.26. The summed E-state index contributed by atoms with van der Waals surface area (Å²) >= 11 is 6.00. The fourth-order valence-corrected chi connectivity index (χ4v) is 2.48. The molecule has 0 atom stereocenters. The number of benzene rings is 2. The number of hydrogen-bond acceptors (Lipinski definition) is 2. The van der Waals surface area contributed by atoms with Gasteiger partial charge in [0.2, 0.25) is 0 Å². The Kier molecular flexibility index (Phi) is 3.63. The van der Waals surface area contributed by atoms with Crippen LogP contribution in [0.4, 0.5) is 0 Å². The van der Waals surface area contributed by atoms with E-state index in [4.69, 9.17) is 16.0 Å². The molecule has 0 radical (unpaired) electrons. The van der Waals surface area contributed by atoms with Crippen LogP contribution < -0.4 is 5.43 Å². The Morgan fingerprint density at radius 3 is 2.67 bits per heavy atom. The number of allylic oxidation sites excluding steroid dienone is 1. The molecule has 3 aromatic rings. The Morgan fingerprint density at radius 1 is 1.10 bits per heavy atom. The zero-order valence-electron chi connectivity index (χ0n) is 11.5. The van der Waals surface area contributed by atoms with Crippen LogP contribution in [0.5, 0.6) is 0 Å². The van der Waals surface area contributed by atoms with Gasteiger partial charge in [0.05, 0.1) is 5.39 Å². The molecule has 0 aliphatic rings. The van der Waals surface area contributed by atoms with Crippen LogP contribution in [0.25, 0.3) is 28.4 Å². The molecule has 0 saturated heterocycles. The molecule has 0 N–H and O–H groups in total. The van der Waals surface area contributed by atoms with E-state index in [0.29, 0.717) is 21.8 Å². The molecule has 21 heavy (non-hydrogen) atoms. The fraction of sp³-hybridized carbons (Fsp3) is 0.0556. The quantitative estimate of drug-likeness (QED) is 0.655. The molecule has 1 aromatic heterocycles. The van der Waals surface area contributed by atoms with E-state index in [9.17, 15) is 4.79 Å². The second-order valence-electron chi connectivity index (χ2n) is 4.71. The molecule has 0 spiro atoms. The Hall–Kier alpha value is -2.32. The third-order valence-corrected chi connectivity index (χ3v) is 3.48. The molecule has 0 fully saturated rings. The molecule has 104 valence electrons. The van der Waals surface area contributed by atoms with E-state index in [0.717, 1.165) is 11.1 Å². The molecule has 2 nitrogen and oxygen atoms in total. The topological polar surface area (TPSA) is 30.2 Å². The van der Waals surface area contributed by atoms with Gasteiger partial charge in [-0.1, -0.05) is 48.0 Å². The molecule has 0 aliphatic carbocycles. The van der Waals surface area contributed by atoms with Gasteiger partial charge in [0, 0.05) is 22.2 Å². The molecule has 1 heterocycles. The summed E-state index contributed by atoms with van der Waals surface area (Å²) in [7, 11) is 0. The largest absolute Gasteiger partial charge is 0.455 e. The van der Waals surface area contributed by atoms with Gasteiger partial charge >= 0.3 is 0 Å². The monoisotopic (exact) mass is 296 g/mol. The van der Waals surface area contributed by atoms with Gasteiger partial charge < -0.3 is 4.42 Å². The van der Waals surface area contributed by atoms with E-state index in [1.807, 2.05) is 43.3 Å². The third-order valence-electron chi connectivity index (χ3n) is 3.24. The minimum atomic E-state index is -0.0578. The zero-order chi connectivity index (χ0) is 14.8. The molecule has 0 saturated carbocycles. The SMILES string of the molecule is CC=Cc1cccc2c(=O)cc(-c3cccc(Cl)c3)oc12. The van der Waals surface area contributed by atoms with Crippen LogP contribution in [-0.2, 0) is 0 Å². The minimum absolute atomic E-state index is 0.0578. The van der Waals surface area contributed by atoms with Gasteiger partial charge in [-0.3, -0.25) is 4.79 Å². The van der Waals surface area contributed by atoms with Crippen molar-refractivity contribution in [2.45, 2.75) is 6.92 Å². The molecule has 0 unspecified atom stereocenters. The lowest BCUT2D eigenvalue weighted by atomic mass is 10.1. The van der Waals surface area contributed by atoms with Crippen LogP contribution >= 0.6 is 11.6 Å². The maximum absolute atomic E-state index is 12.3. The van der Waals surface area contributed by atoms with E-state index >= 15 is 0 Å². The maximum Gasteiger partial charge on any atom is 0.193 e. The van der Waals surface area contributed by atoms with Gasteiger partial charge in [-0.15, -0.1) is 0 Å². The molecule has 0 aliphatic heterocycles. The molecule has 0 bridgehead atoms. The van der Waals surface area contributed by atoms with Crippen LogP contribution in [-0.4, -0.2) is 0 Å². The summed E-state index contributed by atoms with van der Waals surface area (Å²) in [6, 6.07) is 14.3. The van der Waals surface area contributed by atoms with Crippen molar-refractivity contribution in [1.82, 2.24) is 0 Å². The summed E-state index contributed by atoms with van der Waals surface area (Å²) in [6.07, 6.45) is 3.84. The van der Waals surface area contributed by atoms with Gasteiger partial charge in [-0.05, 0) is 25.1 Å². The Morgan fingerprint density at radius 2 is 1.90 bits per heavy atom. The first-order chi connectivity index (χ1) is 10.2. The van der Waals surface area contributed by atoms with Crippen molar-refractivity contribution in [1.29, 1.82) is 0 Å². The van der Waals surface area contributed by atoms with Crippen molar-refractivity contribution in [3.63, 3.8) is 0 Å². The third kappa shape index (κ3) is 2.63. The van der Waals surface area contributed by atoms with Gasteiger partial charge in [0.1, 0.15) is 11.3 Å². The lowest BCUT2D eigenvalue weighted by Gasteiger charge is -2.06. The minimum Gasteiger partial charge on any atom is -0.455 e. The number of fused-ring (bicyclic) bond motifs is 1. The maximum atomic E-state index is 12.3. The summed E-state index contributed by atoms with van der Waals surface area (Å²) in [4.78, 5) is 12.3. The summed E-state index contributed by atoms with van der Waals surface area (Å²) < 4.78 is 5.96. The molecule has 3 rings (SSSR count). The predicted octanol–water partition coefficient (Wildman–Crippen LogP) is 5.15. The van der Waals surface area contributed by atoms with Crippen molar-refractivity contribution in [3.8, 4) is 11.3 Å². The average molecular weight is 297 g/mol. The molecular weight excluding hydrogens is 284 g/mol. The number of para-hydroxylation sites is 1. The molecular formula is C18H13ClO2. The van der Waals surface area contributed by atoms with Crippen LogP contribution in [0.15, 0.2) is 63.8 Å². The normalized spacial score (nSPS) is 11.3. The number of hydrogen-bond donors (Lipinski definition) is 0. The van der Waals surface area contributed by atoms with Crippen LogP contribution in [0.2, 0.25) is 5.02 Å². The highest BCUT2D eigenvalue weighted by molar-refractivity contribution is 6.30. The van der Waals surface area contributed by atoms with Crippen LogP contribution in [0.1, 0.15) is 12.5 Å². The van der Waals surface area contributed by atoms with E-state index in [-0.39, 0.29) is 5.43 Å². The predicted molar refractivity (Wildman–Crippen MR) is 87.6 cm³/mol. The summed E-state index contributed by atoms with van der Waals surface area (Å²) in [6.45, 7) is 1.93. The van der Waals surface area contributed by atoms with Gasteiger partial charge in [0.25, 0.3) is 0 Å². The number of rotatable bonds is 2. The molecule has 3 heteroatoms. The van der Waals surface area contributed by atoms with Crippen molar-refractivity contribution in [3.05, 3.63) is 75.4 Å². The first kappa shape index (κ1) is 13.7. The standard InChI is InChI=1S/C18H13ClO2/c1-2-5-12-6-4-9-15-16(20)11-17(21-18(12)15)13-7-3-8-14(19)10-13/h2-11H,1H3. The molecule has 2 aromatic carbocycles. The van der Waals surface area contributed by atoms with Crippen LogP contribution in [0.3, 0.4) is 0 Å². The van der Waals surface area contributed by atoms with E-state index < -0.39 is 0 Å². The second kappa shape index (κ2) is 5.58. The van der Waals surface area contributed by atoms with Gasteiger partial charge in [-0.25, -0.2) is 0 Å². The van der Waals surface area contributed by atoms with Gasteiger partial charge in [0.15, 0.2) is 5.43 Å². The van der Waals surface area contributed by atoms with Crippen molar-refractivity contribution < 1.29 is 4.42 Å². The fourth-order valence-electron chi connectivity index (χ4n) is 2.29. The van der Waals surface area contributed by atoms with Crippen LogP contribution in [0, 0.1) is 0 Å². The Labute approximate surface area is 127 Å². The zero-order valence-corrected chi connectivity index (χ0v) is 12.2.